The second-order valence-electron chi connectivity index (χ2n) is 29.9. The number of rotatable bonds is 80. The first-order valence-corrected chi connectivity index (χ1v) is 45.0. The van der Waals surface area contributed by atoms with Crippen molar-refractivity contribution in [1.82, 2.24) is 0 Å². The number of hydrogen-bond donors (Lipinski definition) is 3. The minimum Gasteiger partial charge on any atom is -0.462 e. The smallest absolute Gasteiger partial charge is 0.462 e. The number of phosphoric ester groups is 2. The topological polar surface area (TPSA) is 237 Å². The van der Waals surface area contributed by atoms with E-state index in [2.05, 4.69) is 41.5 Å². The molecule has 0 saturated heterocycles. The van der Waals surface area contributed by atoms with Crippen molar-refractivity contribution in [3.8, 4) is 0 Å². The summed E-state index contributed by atoms with van der Waals surface area (Å²) in [6, 6.07) is 0. The summed E-state index contributed by atoms with van der Waals surface area (Å²) in [5.74, 6) is -0.508. The zero-order chi connectivity index (χ0) is 73.5. The highest BCUT2D eigenvalue weighted by molar-refractivity contribution is 7.47. The van der Waals surface area contributed by atoms with Crippen LogP contribution in [0.1, 0.15) is 427 Å². The molecule has 17 nitrogen and oxygen atoms in total. The standard InChI is InChI=1S/C81H158O17P2/c1-7-10-12-14-16-18-20-22-23-24-29-33-40-46-52-58-64-79(84)92-69-76(97-80(85)65-59-53-47-41-34-30-26-25-28-31-37-43-49-55-61-73(4)5)71-95-99(87,88)93-67-75(82)68-94-100(89,90)96-72-77(70-91-78(83)63-57-51-45-39-32-27-21-19-17-15-13-11-8-2)98-81(86)66-60-54-48-42-36-35-38-44-50-56-62-74(6)9-3/h73-77,82H,7-72H2,1-6H3,(H,87,88)(H,89,90)/t74?,75-,76-,77-/m1/s1. The number of esters is 4. The van der Waals surface area contributed by atoms with Crippen LogP contribution in [0.4, 0.5) is 0 Å². The van der Waals surface area contributed by atoms with Gasteiger partial charge < -0.3 is 33.8 Å². The maximum absolute atomic E-state index is 13.1. The normalized spacial score (nSPS) is 14.2. The monoisotopic (exact) mass is 1470 g/mol. The second kappa shape index (κ2) is 72.6. The van der Waals surface area contributed by atoms with Crippen LogP contribution in [0.3, 0.4) is 0 Å². The van der Waals surface area contributed by atoms with Gasteiger partial charge in [-0.05, 0) is 37.5 Å². The van der Waals surface area contributed by atoms with Crippen molar-refractivity contribution >= 4 is 39.5 Å². The molecule has 0 fully saturated rings. The van der Waals surface area contributed by atoms with Gasteiger partial charge in [0.15, 0.2) is 12.2 Å². The van der Waals surface area contributed by atoms with Crippen LogP contribution in [-0.2, 0) is 65.4 Å². The molecule has 0 aliphatic rings. The molecule has 0 amide bonds. The van der Waals surface area contributed by atoms with Gasteiger partial charge in [-0.25, -0.2) is 9.13 Å². The van der Waals surface area contributed by atoms with E-state index in [9.17, 15) is 43.2 Å². The van der Waals surface area contributed by atoms with Crippen LogP contribution in [0.2, 0.25) is 0 Å². The van der Waals surface area contributed by atoms with E-state index in [4.69, 9.17) is 37.0 Å². The van der Waals surface area contributed by atoms with E-state index in [0.29, 0.717) is 25.7 Å². The van der Waals surface area contributed by atoms with E-state index >= 15 is 0 Å². The van der Waals surface area contributed by atoms with E-state index in [1.807, 2.05) is 0 Å². The molecule has 3 unspecified atom stereocenters. The third kappa shape index (κ3) is 73.0. The summed E-state index contributed by atoms with van der Waals surface area (Å²) >= 11 is 0. The molecule has 0 rings (SSSR count). The van der Waals surface area contributed by atoms with Crippen molar-refractivity contribution in [2.24, 2.45) is 11.8 Å². The Hall–Kier alpha value is -1.94. The Balaban J connectivity index is 5.27. The number of aliphatic hydroxyl groups excluding tert-OH is 1. The lowest BCUT2D eigenvalue weighted by atomic mass is 9.99. The van der Waals surface area contributed by atoms with Gasteiger partial charge in [0.25, 0.3) is 0 Å². The molecule has 0 radical (unpaired) electrons. The number of carbonyl (C=O) groups is 4. The molecule has 6 atom stereocenters. The number of aliphatic hydroxyl groups is 1. The van der Waals surface area contributed by atoms with Gasteiger partial charge in [0, 0.05) is 25.7 Å². The molecule has 0 aliphatic carbocycles. The van der Waals surface area contributed by atoms with Gasteiger partial charge in [0.05, 0.1) is 26.4 Å². The molecule has 0 aromatic rings. The number of hydrogen-bond acceptors (Lipinski definition) is 15. The van der Waals surface area contributed by atoms with Crippen LogP contribution in [0, 0.1) is 11.8 Å². The molecule has 0 saturated carbocycles. The van der Waals surface area contributed by atoms with Crippen molar-refractivity contribution in [1.29, 1.82) is 0 Å². The predicted octanol–water partition coefficient (Wildman–Crippen LogP) is 24.3. The van der Waals surface area contributed by atoms with E-state index in [-0.39, 0.29) is 25.7 Å². The highest BCUT2D eigenvalue weighted by Crippen LogP contribution is 2.45. The first-order valence-electron chi connectivity index (χ1n) is 42.0. The summed E-state index contributed by atoms with van der Waals surface area (Å²) in [5, 5.41) is 10.7. The molecule has 3 N–H and O–H groups in total. The first kappa shape index (κ1) is 98.1. The van der Waals surface area contributed by atoms with Gasteiger partial charge in [0.1, 0.15) is 19.3 Å². The molecule has 0 heterocycles. The molecule has 100 heavy (non-hydrogen) atoms. The maximum Gasteiger partial charge on any atom is 0.472 e. The number of ether oxygens (including phenoxy) is 4. The predicted molar refractivity (Wildman–Crippen MR) is 409 cm³/mol. The average Bonchev–Trinajstić information content (AvgIpc) is 1.09. The summed E-state index contributed by atoms with van der Waals surface area (Å²) in [5.41, 5.74) is 0. The van der Waals surface area contributed by atoms with E-state index in [1.165, 1.54) is 244 Å². The van der Waals surface area contributed by atoms with Crippen LogP contribution in [0.5, 0.6) is 0 Å². The van der Waals surface area contributed by atoms with Crippen molar-refractivity contribution in [3.63, 3.8) is 0 Å². The van der Waals surface area contributed by atoms with Crippen molar-refractivity contribution in [2.75, 3.05) is 39.6 Å². The molecule has 0 aromatic heterocycles. The maximum atomic E-state index is 13.1. The average molecular weight is 1470 g/mol. The molecule has 0 aliphatic heterocycles. The molecule has 0 bridgehead atoms. The van der Waals surface area contributed by atoms with Gasteiger partial charge in [-0.1, -0.05) is 375 Å². The Morgan fingerprint density at radius 2 is 0.510 bits per heavy atom. The molecule has 19 heteroatoms. The van der Waals surface area contributed by atoms with Crippen LogP contribution in [-0.4, -0.2) is 96.7 Å². The van der Waals surface area contributed by atoms with Gasteiger partial charge in [-0.2, -0.15) is 0 Å². The minimum atomic E-state index is -4.96. The van der Waals surface area contributed by atoms with E-state index < -0.39 is 97.5 Å². The van der Waals surface area contributed by atoms with Gasteiger partial charge in [-0.15, -0.1) is 0 Å². The van der Waals surface area contributed by atoms with Crippen molar-refractivity contribution in [2.45, 2.75) is 445 Å². The lowest BCUT2D eigenvalue weighted by Crippen LogP contribution is -2.30. The van der Waals surface area contributed by atoms with E-state index in [0.717, 1.165) is 102 Å². The fourth-order valence-electron chi connectivity index (χ4n) is 12.5. The number of unbranched alkanes of at least 4 members (excludes halogenated alkanes) is 49. The first-order chi connectivity index (χ1) is 48.4. The molecule has 594 valence electrons. The van der Waals surface area contributed by atoms with Crippen LogP contribution in [0.25, 0.3) is 0 Å². The summed E-state index contributed by atoms with van der Waals surface area (Å²) in [7, 11) is -9.92. The molecule has 0 aromatic carbocycles. The Morgan fingerprint density at radius 3 is 0.760 bits per heavy atom. The molecular weight excluding hydrogens is 1310 g/mol. The van der Waals surface area contributed by atoms with E-state index in [1.54, 1.807) is 0 Å². The SMILES string of the molecule is CCCCCCCCCCCCCCCCCCC(=O)OC[C@H](COP(=O)(O)OC[C@@H](O)COP(=O)(O)OC[C@@H](COC(=O)CCCCCCCCCCCCCCC)OC(=O)CCCCCCCCCCCCC(C)CC)OC(=O)CCCCCCCCCCCCCCCCC(C)C. The zero-order valence-corrected chi connectivity index (χ0v) is 67.3. The number of phosphoric acid groups is 2. The highest BCUT2D eigenvalue weighted by atomic mass is 31.2. The Labute approximate surface area is 613 Å². The van der Waals surface area contributed by atoms with Crippen molar-refractivity contribution in [3.05, 3.63) is 0 Å². The number of carbonyl (C=O) groups excluding carboxylic acids is 4. The summed E-state index contributed by atoms with van der Waals surface area (Å²) in [4.78, 5) is 73.1. The fourth-order valence-corrected chi connectivity index (χ4v) is 14.1. The fraction of sp³-hybridized carbons (Fsp3) is 0.951. The van der Waals surface area contributed by atoms with Crippen LogP contribution in [0.15, 0.2) is 0 Å². The van der Waals surface area contributed by atoms with Crippen LogP contribution < -0.4 is 0 Å². The lowest BCUT2D eigenvalue weighted by Gasteiger charge is -2.21. The lowest BCUT2D eigenvalue weighted by molar-refractivity contribution is -0.161. The Bertz CT molecular complexity index is 1930. The highest BCUT2D eigenvalue weighted by Gasteiger charge is 2.30. The minimum absolute atomic E-state index is 0.107. The Kier molecular flexibility index (Phi) is 71.2. The second-order valence-corrected chi connectivity index (χ2v) is 32.8. The summed E-state index contributed by atoms with van der Waals surface area (Å²) in [6.45, 7) is 9.69. The molecular formula is C81H158O17P2. The zero-order valence-electron chi connectivity index (χ0n) is 65.5. The van der Waals surface area contributed by atoms with Crippen molar-refractivity contribution < 1.29 is 80.2 Å². The largest absolute Gasteiger partial charge is 0.472 e. The Morgan fingerprint density at radius 1 is 0.290 bits per heavy atom. The third-order valence-electron chi connectivity index (χ3n) is 19.3. The van der Waals surface area contributed by atoms with Crippen LogP contribution >= 0.6 is 15.6 Å². The van der Waals surface area contributed by atoms with Gasteiger partial charge in [-0.3, -0.25) is 37.3 Å². The quantitative estimate of drug-likeness (QED) is 0.0222. The van der Waals surface area contributed by atoms with Gasteiger partial charge in [0.2, 0.25) is 0 Å². The third-order valence-corrected chi connectivity index (χ3v) is 21.2. The molecule has 0 spiro atoms. The summed E-state index contributed by atoms with van der Waals surface area (Å²) < 4.78 is 68.8. The van der Waals surface area contributed by atoms with Gasteiger partial charge >= 0.3 is 39.5 Å². The summed E-state index contributed by atoms with van der Waals surface area (Å²) in [6.07, 6.45) is 62.2.